The van der Waals surface area contributed by atoms with Gasteiger partial charge in [-0.1, -0.05) is 44.9 Å². The van der Waals surface area contributed by atoms with Crippen LogP contribution in [0.2, 0.25) is 0 Å². The molecule has 0 nitrogen and oxygen atoms in total. The van der Waals surface area contributed by atoms with Crippen LogP contribution in [0.5, 0.6) is 0 Å². The van der Waals surface area contributed by atoms with E-state index in [4.69, 9.17) is 0 Å². The standard InChI is InChI=1S/C10H14/c1-5-9(6-2)10(7-3)8-4/h5-7H,1-3,8H2,4H3. The van der Waals surface area contributed by atoms with Crippen molar-refractivity contribution < 1.29 is 0 Å². The van der Waals surface area contributed by atoms with Crippen LogP contribution >= 0.6 is 0 Å². The van der Waals surface area contributed by atoms with E-state index in [-0.39, 0.29) is 0 Å². The van der Waals surface area contributed by atoms with E-state index in [0.717, 1.165) is 12.0 Å². The Kier molecular flexibility index (Phi) is 4.30. The normalized spacial score (nSPS) is 8.10. The summed E-state index contributed by atoms with van der Waals surface area (Å²) in [6.45, 7) is 13.1. The Morgan fingerprint density at radius 2 is 1.60 bits per heavy atom. The minimum Gasteiger partial charge on any atom is -0.0988 e. The molecule has 0 atom stereocenters. The number of hydrogen-bond donors (Lipinski definition) is 0. The van der Waals surface area contributed by atoms with E-state index in [1.165, 1.54) is 5.57 Å². The molecule has 0 saturated carbocycles. The fourth-order valence-corrected chi connectivity index (χ4v) is 0.812. The maximum Gasteiger partial charge on any atom is -0.0237 e. The first kappa shape index (κ1) is 8.96. The molecule has 0 aromatic carbocycles. The van der Waals surface area contributed by atoms with Crippen molar-refractivity contribution in [1.29, 1.82) is 0 Å². The average Bonchev–Trinajstić information content (AvgIpc) is 2.00. The lowest BCUT2D eigenvalue weighted by molar-refractivity contribution is 1.14. The molecule has 0 aromatic rings. The Bertz CT molecular complexity index is 160. The summed E-state index contributed by atoms with van der Waals surface area (Å²) in [6.07, 6.45) is 6.43. The van der Waals surface area contributed by atoms with Crippen molar-refractivity contribution in [1.82, 2.24) is 0 Å². The van der Waals surface area contributed by atoms with Gasteiger partial charge in [0.25, 0.3) is 0 Å². The molecule has 10 heavy (non-hydrogen) atoms. The fraction of sp³-hybridized carbons (Fsp3) is 0.200. The topological polar surface area (TPSA) is 0 Å². The third-order valence-corrected chi connectivity index (χ3v) is 1.44. The molecule has 0 spiro atoms. The lowest BCUT2D eigenvalue weighted by Gasteiger charge is -1.99. The molecule has 0 radical (unpaired) electrons. The van der Waals surface area contributed by atoms with Crippen molar-refractivity contribution in [3.63, 3.8) is 0 Å². The van der Waals surface area contributed by atoms with Crippen molar-refractivity contribution in [3.8, 4) is 0 Å². The van der Waals surface area contributed by atoms with E-state index in [9.17, 15) is 0 Å². The Balaban J connectivity index is 4.67. The molecule has 0 fully saturated rings. The second-order valence-electron chi connectivity index (χ2n) is 1.95. The van der Waals surface area contributed by atoms with Crippen LogP contribution in [0.1, 0.15) is 13.3 Å². The van der Waals surface area contributed by atoms with E-state index >= 15 is 0 Å². The molecule has 0 aromatic heterocycles. The Hall–Kier alpha value is -1.04. The lowest BCUT2D eigenvalue weighted by atomic mass is 10.1. The van der Waals surface area contributed by atoms with Crippen LogP contribution in [0.15, 0.2) is 49.1 Å². The predicted molar refractivity (Wildman–Crippen MR) is 47.9 cm³/mol. The zero-order valence-corrected chi connectivity index (χ0v) is 6.56. The zero-order valence-electron chi connectivity index (χ0n) is 6.56. The smallest absolute Gasteiger partial charge is 0.0237 e. The third kappa shape index (κ3) is 2.06. The average molecular weight is 134 g/mol. The van der Waals surface area contributed by atoms with Crippen molar-refractivity contribution in [2.24, 2.45) is 0 Å². The highest BCUT2D eigenvalue weighted by Crippen LogP contribution is 2.10. The summed E-state index contributed by atoms with van der Waals surface area (Å²) in [7, 11) is 0. The fourth-order valence-electron chi connectivity index (χ4n) is 0.812. The van der Waals surface area contributed by atoms with Gasteiger partial charge in [-0.25, -0.2) is 0 Å². The van der Waals surface area contributed by atoms with Crippen LogP contribution in [-0.2, 0) is 0 Å². The molecule has 0 rings (SSSR count). The quantitative estimate of drug-likeness (QED) is 0.518. The zero-order chi connectivity index (χ0) is 7.98. The van der Waals surface area contributed by atoms with E-state index in [1.807, 2.05) is 6.08 Å². The molecule has 0 unspecified atom stereocenters. The number of rotatable bonds is 4. The van der Waals surface area contributed by atoms with Gasteiger partial charge in [0, 0.05) is 0 Å². The third-order valence-electron chi connectivity index (χ3n) is 1.44. The van der Waals surface area contributed by atoms with Crippen LogP contribution in [0.4, 0.5) is 0 Å². The van der Waals surface area contributed by atoms with Gasteiger partial charge in [0.05, 0.1) is 0 Å². The summed E-state index contributed by atoms with van der Waals surface area (Å²) in [5.41, 5.74) is 2.28. The van der Waals surface area contributed by atoms with Crippen LogP contribution < -0.4 is 0 Å². The number of hydrogen-bond acceptors (Lipinski definition) is 0. The van der Waals surface area contributed by atoms with E-state index in [2.05, 4.69) is 26.7 Å². The van der Waals surface area contributed by atoms with Crippen molar-refractivity contribution >= 4 is 0 Å². The second kappa shape index (κ2) is 4.80. The predicted octanol–water partition coefficient (Wildman–Crippen LogP) is 3.25. The molecular weight excluding hydrogens is 120 g/mol. The molecule has 0 saturated heterocycles. The second-order valence-corrected chi connectivity index (χ2v) is 1.95. The highest BCUT2D eigenvalue weighted by atomic mass is 14.0. The summed E-state index contributed by atoms with van der Waals surface area (Å²) in [5, 5.41) is 0. The van der Waals surface area contributed by atoms with Crippen molar-refractivity contribution in [2.45, 2.75) is 13.3 Å². The first-order valence-corrected chi connectivity index (χ1v) is 3.40. The summed E-state index contributed by atoms with van der Waals surface area (Å²) in [5.74, 6) is 0. The molecule has 0 amide bonds. The maximum absolute atomic E-state index is 3.70. The van der Waals surface area contributed by atoms with Crippen molar-refractivity contribution in [2.75, 3.05) is 0 Å². The van der Waals surface area contributed by atoms with Gasteiger partial charge >= 0.3 is 0 Å². The first-order valence-electron chi connectivity index (χ1n) is 3.40. The van der Waals surface area contributed by atoms with E-state index in [1.54, 1.807) is 12.2 Å². The summed E-state index contributed by atoms with van der Waals surface area (Å²) >= 11 is 0. The first-order chi connectivity index (χ1) is 4.79. The Morgan fingerprint density at radius 1 is 1.10 bits per heavy atom. The monoisotopic (exact) mass is 134 g/mol. The van der Waals surface area contributed by atoms with E-state index < -0.39 is 0 Å². The highest BCUT2D eigenvalue weighted by Gasteiger charge is 1.91. The molecule has 0 aliphatic heterocycles. The van der Waals surface area contributed by atoms with E-state index in [0.29, 0.717) is 0 Å². The van der Waals surface area contributed by atoms with Gasteiger partial charge in [0.2, 0.25) is 0 Å². The van der Waals surface area contributed by atoms with Crippen molar-refractivity contribution in [3.05, 3.63) is 49.1 Å². The van der Waals surface area contributed by atoms with Crippen LogP contribution in [-0.4, -0.2) is 0 Å². The molecule has 0 aliphatic rings. The van der Waals surface area contributed by atoms with Gasteiger partial charge in [0.15, 0.2) is 0 Å². The van der Waals surface area contributed by atoms with Gasteiger partial charge in [-0.15, -0.1) is 0 Å². The van der Waals surface area contributed by atoms with Gasteiger partial charge in [0.1, 0.15) is 0 Å². The molecule has 0 heterocycles. The summed E-state index contributed by atoms with van der Waals surface area (Å²) in [4.78, 5) is 0. The molecule has 0 heteroatoms. The Morgan fingerprint density at radius 3 is 1.70 bits per heavy atom. The largest absolute Gasteiger partial charge is 0.0988 e. The molecule has 0 bridgehead atoms. The van der Waals surface area contributed by atoms with Crippen LogP contribution in [0.25, 0.3) is 0 Å². The van der Waals surface area contributed by atoms with Gasteiger partial charge < -0.3 is 0 Å². The van der Waals surface area contributed by atoms with Crippen LogP contribution in [0.3, 0.4) is 0 Å². The molecule has 0 aliphatic carbocycles. The summed E-state index contributed by atoms with van der Waals surface area (Å²) in [6, 6.07) is 0. The SMILES string of the molecule is C=CC(C=C)=C(C=C)CC. The van der Waals surface area contributed by atoms with Crippen LogP contribution in [0, 0.1) is 0 Å². The highest BCUT2D eigenvalue weighted by molar-refractivity contribution is 5.38. The minimum absolute atomic E-state index is 0.983. The lowest BCUT2D eigenvalue weighted by Crippen LogP contribution is -1.79. The Labute approximate surface area is 63.3 Å². The number of allylic oxidation sites excluding steroid dienone is 5. The van der Waals surface area contributed by atoms with Gasteiger partial charge in [-0.3, -0.25) is 0 Å². The van der Waals surface area contributed by atoms with Gasteiger partial charge in [-0.05, 0) is 17.6 Å². The molecule has 54 valence electrons. The molecular formula is C10H14. The summed E-state index contributed by atoms with van der Waals surface area (Å²) < 4.78 is 0. The maximum atomic E-state index is 3.70. The molecule has 0 N–H and O–H groups in total. The van der Waals surface area contributed by atoms with Gasteiger partial charge in [-0.2, -0.15) is 0 Å². The minimum atomic E-state index is 0.983.